The summed E-state index contributed by atoms with van der Waals surface area (Å²) in [5.41, 5.74) is 0.696. The van der Waals surface area contributed by atoms with Gasteiger partial charge in [-0.25, -0.2) is 8.42 Å². The third-order valence-corrected chi connectivity index (χ3v) is 7.04. The second-order valence-corrected chi connectivity index (χ2v) is 9.40. The maximum Gasteiger partial charge on any atom is 0.269 e. The first kappa shape index (κ1) is 25.5. The number of hydrogen-bond acceptors (Lipinski definition) is 7. The predicted molar refractivity (Wildman–Crippen MR) is 130 cm³/mol. The highest BCUT2D eigenvalue weighted by Crippen LogP contribution is 2.29. The van der Waals surface area contributed by atoms with E-state index in [1.165, 1.54) is 55.5 Å². The quantitative estimate of drug-likeness (QED) is 0.309. The van der Waals surface area contributed by atoms with E-state index in [0.29, 0.717) is 11.5 Å². The third kappa shape index (κ3) is 5.87. The molecule has 0 fully saturated rings. The van der Waals surface area contributed by atoms with E-state index in [-0.39, 0.29) is 22.8 Å². The highest BCUT2D eigenvalue weighted by atomic mass is 32.2. The largest absolute Gasteiger partial charge is 0.493 e. The fraction of sp³-hybridized carbons (Fsp3) is 0.208. The van der Waals surface area contributed by atoms with Gasteiger partial charge in [-0.1, -0.05) is 24.3 Å². The smallest absolute Gasteiger partial charge is 0.269 e. The summed E-state index contributed by atoms with van der Waals surface area (Å²) < 4.78 is 38.3. The van der Waals surface area contributed by atoms with Gasteiger partial charge in [0.1, 0.15) is 6.54 Å². The monoisotopic (exact) mass is 499 g/mol. The van der Waals surface area contributed by atoms with Crippen molar-refractivity contribution in [3.05, 3.63) is 88.5 Å². The van der Waals surface area contributed by atoms with Gasteiger partial charge in [0.15, 0.2) is 11.5 Å². The average Bonchev–Trinajstić information content (AvgIpc) is 2.87. The maximum atomic E-state index is 13.4. The van der Waals surface area contributed by atoms with Crippen LogP contribution in [0.5, 0.6) is 11.5 Å². The van der Waals surface area contributed by atoms with Crippen LogP contribution in [0.15, 0.2) is 77.7 Å². The van der Waals surface area contributed by atoms with Crippen LogP contribution >= 0.6 is 0 Å². The number of nitro benzene ring substituents is 1. The van der Waals surface area contributed by atoms with Crippen LogP contribution in [0, 0.1) is 10.1 Å². The van der Waals surface area contributed by atoms with Crippen molar-refractivity contribution < 1.29 is 27.6 Å². The lowest BCUT2D eigenvalue weighted by molar-refractivity contribution is -0.384. The predicted octanol–water partition coefficient (Wildman–Crippen LogP) is 3.47. The Morgan fingerprint density at radius 1 is 0.943 bits per heavy atom. The third-order valence-electron chi connectivity index (χ3n) is 5.25. The van der Waals surface area contributed by atoms with Crippen molar-refractivity contribution >= 4 is 27.3 Å². The first-order chi connectivity index (χ1) is 16.7. The van der Waals surface area contributed by atoms with Gasteiger partial charge < -0.3 is 14.4 Å². The molecule has 3 aromatic carbocycles. The second-order valence-electron chi connectivity index (χ2n) is 7.54. The van der Waals surface area contributed by atoms with E-state index in [4.69, 9.17) is 9.47 Å². The molecule has 11 heteroatoms. The number of amides is 1. The molecule has 35 heavy (non-hydrogen) atoms. The van der Waals surface area contributed by atoms with Crippen LogP contribution in [0.3, 0.4) is 0 Å². The summed E-state index contributed by atoms with van der Waals surface area (Å²) in [5, 5.41) is 11.0. The van der Waals surface area contributed by atoms with Gasteiger partial charge in [0.05, 0.1) is 29.7 Å². The number of nitro groups is 1. The van der Waals surface area contributed by atoms with Gasteiger partial charge in [0.2, 0.25) is 5.91 Å². The number of hydrogen-bond donors (Lipinski definition) is 0. The van der Waals surface area contributed by atoms with Crippen molar-refractivity contribution in [2.24, 2.45) is 0 Å². The highest BCUT2D eigenvalue weighted by molar-refractivity contribution is 7.92. The molecule has 0 spiro atoms. The van der Waals surface area contributed by atoms with E-state index in [1.54, 1.807) is 43.4 Å². The molecule has 0 heterocycles. The molecule has 0 unspecified atom stereocenters. The molecule has 0 radical (unpaired) electrons. The van der Waals surface area contributed by atoms with Crippen LogP contribution in [-0.2, 0) is 21.4 Å². The first-order valence-electron chi connectivity index (χ1n) is 10.4. The van der Waals surface area contributed by atoms with Gasteiger partial charge in [-0.3, -0.25) is 19.2 Å². The number of ether oxygens (including phenoxy) is 2. The summed E-state index contributed by atoms with van der Waals surface area (Å²) in [4.78, 5) is 24.9. The second kappa shape index (κ2) is 10.9. The molecule has 3 aromatic rings. The Hall–Kier alpha value is -4.12. The van der Waals surface area contributed by atoms with Crippen LogP contribution < -0.4 is 13.8 Å². The molecule has 3 rings (SSSR count). The Bertz CT molecular complexity index is 1300. The summed E-state index contributed by atoms with van der Waals surface area (Å²) in [7, 11) is 0.457. The van der Waals surface area contributed by atoms with Crippen LogP contribution in [0.2, 0.25) is 0 Å². The molecule has 0 saturated carbocycles. The molecule has 0 aliphatic heterocycles. The van der Waals surface area contributed by atoms with E-state index < -0.39 is 27.4 Å². The zero-order valence-corrected chi connectivity index (χ0v) is 20.3. The van der Waals surface area contributed by atoms with Crippen molar-refractivity contribution in [2.45, 2.75) is 11.4 Å². The minimum absolute atomic E-state index is 0.00584. The number of carbonyl (C=O) groups excluding carboxylic acids is 1. The van der Waals surface area contributed by atoms with Gasteiger partial charge in [0, 0.05) is 25.7 Å². The van der Waals surface area contributed by atoms with Crippen molar-refractivity contribution in [2.75, 3.05) is 32.1 Å². The number of sulfonamides is 1. The molecule has 0 saturated heterocycles. The van der Waals surface area contributed by atoms with Crippen molar-refractivity contribution in [3.63, 3.8) is 0 Å². The first-order valence-corrected chi connectivity index (χ1v) is 11.9. The standard InChI is InChI=1S/C24H25N3O7S/c1-25(16-18-9-14-22(33-2)23(15-18)34-3)24(28)17-26(19-10-12-20(13-11-19)27(29)30)35(31,32)21-7-5-4-6-8-21/h4-15H,16-17H2,1-3H3. The lowest BCUT2D eigenvalue weighted by atomic mass is 10.2. The van der Waals surface area contributed by atoms with Crippen molar-refractivity contribution in [3.8, 4) is 11.5 Å². The Kier molecular flexibility index (Phi) is 7.92. The van der Waals surface area contributed by atoms with Crippen LogP contribution in [0.4, 0.5) is 11.4 Å². The maximum absolute atomic E-state index is 13.4. The van der Waals surface area contributed by atoms with E-state index in [0.717, 1.165) is 9.87 Å². The molecular formula is C24H25N3O7S. The Morgan fingerprint density at radius 2 is 1.57 bits per heavy atom. The number of methoxy groups -OCH3 is 2. The van der Waals surface area contributed by atoms with Crippen LogP contribution in [0.1, 0.15) is 5.56 Å². The lowest BCUT2D eigenvalue weighted by Gasteiger charge is -2.26. The van der Waals surface area contributed by atoms with Gasteiger partial charge in [-0.15, -0.1) is 0 Å². The zero-order chi connectivity index (χ0) is 25.6. The molecule has 10 nitrogen and oxygen atoms in total. The SMILES string of the molecule is COc1ccc(CN(C)C(=O)CN(c2ccc([N+](=O)[O-])cc2)S(=O)(=O)c2ccccc2)cc1OC. The Labute approximate surface area is 203 Å². The summed E-state index contributed by atoms with van der Waals surface area (Å²) in [6.45, 7) is -0.308. The molecule has 0 bridgehead atoms. The van der Waals surface area contributed by atoms with E-state index in [1.807, 2.05) is 0 Å². The Balaban J connectivity index is 1.89. The van der Waals surface area contributed by atoms with Gasteiger partial charge in [-0.2, -0.15) is 0 Å². The lowest BCUT2D eigenvalue weighted by Crippen LogP contribution is -2.41. The molecule has 0 aliphatic rings. The molecule has 1 amide bonds. The number of non-ortho nitro benzene ring substituents is 1. The van der Waals surface area contributed by atoms with Crippen molar-refractivity contribution in [1.29, 1.82) is 0 Å². The summed E-state index contributed by atoms with van der Waals surface area (Å²) in [6, 6.07) is 17.9. The fourth-order valence-electron chi connectivity index (χ4n) is 3.36. The van der Waals surface area contributed by atoms with Gasteiger partial charge >= 0.3 is 0 Å². The van der Waals surface area contributed by atoms with Gasteiger partial charge in [0.25, 0.3) is 15.7 Å². The number of benzene rings is 3. The normalized spacial score (nSPS) is 10.9. The summed E-state index contributed by atoms with van der Waals surface area (Å²) in [6.07, 6.45) is 0. The van der Waals surface area contributed by atoms with Crippen molar-refractivity contribution in [1.82, 2.24) is 4.90 Å². The molecule has 0 atom stereocenters. The minimum Gasteiger partial charge on any atom is -0.493 e. The summed E-state index contributed by atoms with van der Waals surface area (Å²) in [5.74, 6) is 0.575. The topological polar surface area (TPSA) is 119 Å². The number of anilines is 1. The van der Waals surface area contributed by atoms with E-state index >= 15 is 0 Å². The highest BCUT2D eigenvalue weighted by Gasteiger charge is 2.28. The minimum atomic E-state index is -4.13. The number of likely N-dealkylation sites (N-methyl/N-ethyl adjacent to an activating group) is 1. The van der Waals surface area contributed by atoms with Gasteiger partial charge in [-0.05, 0) is 42.0 Å². The zero-order valence-electron chi connectivity index (χ0n) is 19.5. The summed E-state index contributed by atoms with van der Waals surface area (Å²) >= 11 is 0. The fourth-order valence-corrected chi connectivity index (χ4v) is 4.80. The average molecular weight is 500 g/mol. The number of carbonyl (C=O) groups is 1. The molecule has 0 N–H and O–H groups in total. The molecule has 184 valence electrons. The van der Waals surface area contributed by atoms with Crippen LogP contribution in [-0.4, -0.2) is 52.0 Å². The molecule has 0 aromatic heterocycles. The van der Waals surface area contributed by atoms with E-state index in [2.05, 4.69) is 0 Å². The number of rotatable bonds is 10. The molecular weight excluding hydrogens is 474 g/mol. The molecule has 0 aliphatic carbocycles. The number of nitrogens with zero attached hydrogens (tertiary/aromatic N) is 3. The van der Waals surface area contributed by atoms with Crippen LogP contribution in [0.25, 0.3) is 0 Å². The van der Waals surface area contributed by atoms with E-state index in [9.17, 15) is 23.3 Å². The Morgan fingerprint density at radius 3 is 2.14 bits per heavy atom.